The van der Waals surface area contributed by atoms with Crippen molar-refractivity contribution in [3.63, 3.8) is 0 Å². The lowest BCUT2D eigenvalue weighted by atomic mass is 10.4. The molecule has 82 valence electrons. The fraction of sp³-hybridized carbons (Fsp3) is 0.600. The summed E-state index contributed by atoms with van der Waals surface area (Å²) < 4.78 is 1.84. The fourth-order valence-corrected chi connectivity index (χ4v) is 1.86. The van der Waals surface area contributed by atoms with E-state index in [0.29, 0.717) is 0 Å². The molecule has 0 amide bonds. The van der Waals surface area contributed by atoms with Crippen LogP contribution in [0.1, 0.15) is 23.3 Å². The van der Waals surface area contributed by atoms with Gasteiger partial charge in [-0.3, -0.25) is 0 Å². The monoisotopic (exact) mass is 209 g/mol. The van der Waals surface area contributed by atoms with Gasteiger partial charge >= 0.3 is 5.97 Å². The van der Waals surface area contributed by atoms with Crippen molar-refractivity contribution in [2.75, 3.05) is 19.6 Å². The van der Waals surface area contributed by atoms with Crippen LogP contribution >= 0.6 is 0 Å². The van der Waals surface area contributed by atoms with Crippen molar-refractivity contribution in [1.29, 1.82) is 0 Å². The molecule has 2 rings (SSSR count). The average Bonchev–Trinajstić information content (AvgIpc) is 2.86. The quantitative estimate of drug-likeness (QED) is 0.792. The summed E-state index contributed by atoms with van der Waals surface area (Å²) in [4.78, 5) is 16.8. The number of aromatic carboxylic acids is 1. The summed E-state index contributed by atoms with van der Waals surface area (Å²) in [5, 5.41) is 8.69. The second-order valence-corrected chi connectivity index (χ2v) is 3.85. The van der Waals surface area contributed by atoms with Crippen LogP contribution in [0, 0.1) is 0 Å². The van der Waals surface area contributed by atoms with Gasteiger partial charge in [-0.25, -0.2) is 9.78 Å². The Morgan fingerprint density at radius 1 is 1.40 bits per heavy atom. The lowest BCUT2D eigenvalue weighted by molar-refractivity contribution is 0.0691. The Morgan fingerprint density at radius 3 is 2.73 bits per heavy atom. The molecule has 2 heterocycles. The molecule has 0 aromatic carbocycles. The number of carboxylic acids is 1. The smallest absolute Gasteiger partial charge is 0.356 e. The van der Waals surface area contributed by atoms with Gasteiger partial charge in [0.1, 0.15) is 0 Å². The highest BCUT2D eigenvalue weighted by molar-refractivity contribution is 5.84. The van der Waals surface area contributed by atoms with Crippen molar-refractivity contribution in [2.24, 2.45) is 0 Å². The van der Waals surface area contributed by atoms with Crippen LogP contribution in [0.25, 0.3) is 0 Å². The standard InChI is InChI=1S/C10H15N3O2/c14-10(15)9-7-13(8-11-9)6-5-12-3-1-2-4-12/h7-8H,1-6H2,(H,14,15). The summed E-state index contributed by atoms with van der Waals surface area (Å²) in [7, 11) is 0. The molecule has 0 saturated carbocycles. The number of nitrogens with zero attached hydrogens (tertiary/aromatic N) is 3. The molecule has 0 atom stereocenters. The van der Waals surface area contributed by atoms with E-state index >= 15 is 0 Å². The molecule has 1 aliphatic rings. The number of carbonyl (C=O) groups is 1. The Bertz CT molecular complexity index is 342. The first-order valence-corrected chi connectivity index (χ1v) is 5.23. The Hall–Kier alpha value is -1.36. The minimum atomic E-state index is -0.963. The van der Waals surface area contributed by atoms with Gasteiger partial charge in [0.05, 0.1) is 6.33 Å². The normalized spacial score (nSPS) is 17.1. The van der Waals surface area contributed by atoms with E-state index in [-0.39, 0.29) is 5.69 Å². The zero-order valence-corrected chi connectivity index (χ0v) is 8.59. The van der Waals surface area contributed by atoms with Gasteiger partial charge in [-0.05, 0) is 25.9 Å². The first kappa shape index (κ1) is 10.2. The molecule has 1 aliphatic heterocycles. The van der Waals surface area contributed by atoms with Crippen LogP contribution in [0.5, 0.6) is 0 Å². The number of rotatable bonds is 4. The van der Waals surface area contributed by atoms with Crippen LogP contribution in [-0.2, 0) is 6.54 Å². The topological polar surface area (TPSA) is 58.4 Å². The minimum absolute atomic E-state index is 0.122. The molecule has 0 aliphatic carbocycles. The van der Waals surface area contributed by atoms with Gasteiger partial charge in [0.15, 0.2) is 5.69 Å². The van der Waals surface area contributed by atoms with Crippen LogP contribution in [0.15, 0.2) is 12.5 Å². The van der Waals surface area contributed by atoms with E-state index in [1.807, 2.05) is 4.57 Å². The zero-order valence-electron chi connectivity index (χ0n) is 8.59. The van der Waals surface area contributed by atoms with E-state index in [0.717, 1.165) is 13.1 Å². The van der Waals surface area contributed by atoms with E-state index in [1.165, 1.54) is 25.9 Å². The van der Waals surface area contributed by atoms with Crippen molar-refractivity contribution < 1.29 is 9.90 Å². The predicted molar refractivity (Wildman–Crippen MR) is 54.9 cm³/mol. The Labute approximate surface area is 88.3 Å². The van der Waals surface area contributed by atoms with Crippen LogP contribution in [0.3, 0.4) is 0 Å². The summed E-state index contributed by atoms with van der Waals surface area (Å²) in [6.45, 7) is 4.14. The highest BCUT2D eigenvalue weighted by Crippen LogP contribution is 2.07. The lowest BCUT2D eigenvalue weighted by Gasteiger charge is -2.14. The molecule has 1 N–H and O–H groups in total. The Kier molecular flexibility index (Phi) is 3.01. The summed E-state index contributed by atoms with van der Waals surface area (Å²) in [5.74, 6) is -0.963. The van der Waals surface area contributed by atoms with Gasteiger partial charge in [0, 0.05) is 19.3 Å². The molecule has 1 aromatic rings. The maximum absolute atomic E-state index is 10.6. The van der Waals surface area contributed by atoms with E-state index in [4.69, 9.17) is 5.11 Å². The summed E-state index contributed by atoms with van der Waals surface area (Å²) in [6.07, 6.45) is 5.73. The molecule has 0 radical (unpaired) electrons. The van der Waals surface area contributed by atoms with Gasteiger partial charge in [0.2, 0.25) is 0 Å². The van der Waals surface area contributed by atoms with E-state index in [2.05, 4.69) is 9.88 Å². The Morgan fingerprint density at radius 2 is 2.13 bits per heavy atom. The molecule has 1 fully saturated rings. The van der Waals surface area contributed by atoms with E-state index in [1.54, 1.807) is 12.5 Å². The van der Waals surface area contributed by atoms with Crippen LogP contribution in [0.4, 0.5) is 0 Å². The first-order chi connectivity index (χ1) is 7.25. The highest BCUT2D eigenvalue weighted by atomic mass is 16.4. The first-order valence-electron chi connectivity index (χ1n) is 5.23. The van der Waals surface area contributed by atoms with Crippen LogP contribution in [-0.4, -0.2) is 45.2 Å². The van der Waals surface area contributed by atoms with Crippen LogP contribution < -0.4 is 0 Å². The molecule has 0 unspecified atom stereocenters. The molecule has 15 heavy (non-hydrogen) atoms. The Balaban J connectivity index is 1.84. The molecule has 0 bridgehead atoms. The molecular formula is C10H15N3O2. The van der Waals surface area contributed by atoms with Crippen molar-refractivity contribution in [3.05, 3.63) is 18.2 Å². The van der Waals surface area contributed by atoms with Gasteiger partial charge in [-0.2, -0.15) is 0 Å². The molecule has 5 nitrogen and oxygen atoms in total. The van der Waals surface area contributed by atoms with Crippen molar-refractivity contribution >= 4 is 5.97 Å². The summed E-state index contributed by atoms with van der Waals surface area (Å²) in [6, 6.07) is 0. The number of hydrogen-bond acceptors (Lipinski definition) is 3. The maximum atomic E-state index is 10.6. The largest absolute Gasteiger partial charge is 0.476 e. The lowest BCUT2D eigenvalue weighted by Crippen LogP contribution is -2.23. The molecule has 1 saturated heterocycles. The number of likely N-dealkylation sites (tertiary alicyclic amines) is 1. The fourth-order valence-electron chi connectivity index (χ4n) is 1.86. The summed E-state index contributed by atoms with van der Waals surface area (Å²) in [5.41, 5.74) is 0.122. The number of hydrogen-bond donors (Lipinski definition) is 1. The van der Waals surface area contributed by atoms with E-state index in [9.17, 15) is 4.79 Å². The van der Waals surface area contributed by atoms with Gasteiger partial charge in [-0.15, -0.1) is 0 Å². The minimum Gasteiger partial charge on any atom is -0.476 e. The number of carboxylic acid groups (broad SMARTS) is 1. The third-order valence-corrected chi connectivity index (χ3v) is 2.73. The van der Waals surface area contributed by atoms with Crippen molar-refractivity contribution in [3.8, 4) is 0 Å². The SMILES string of the molecule is O=C(O)c1cn(CCN2CCCC2)cn1. The van der Waals surface area contributed by atoms with Gasteiger partial charge in [-0.1, -0.05) is 0 Å². The van der Waals surface area contributed by atoms with Gasteiger partial charge in [0.25, 0.3) is 0 Å². The summed E-state index contributed by atoms with van der Waals surface area (Å²) >= 11 is 0. The third-order valence-electron chi connectivity index (χ3n) is 2.73. The van der Waals surface area contributed by atoms with Crippen LogP contribution in [0.2, 0.25) is 0 Å². The second-order valence-electron chi connectivity index (χ2n) is 3.85. The molecular weight excluding hydrogens is 194 g/mol. The van der Waals surface area contributed by atoms with Crippen molar-refractivity contribution in [1.82, 2.24) is 14.5 Å². The maximum Gasteiger partial charge on any atom is 0.356 e. The molecule has 5 heteroatoms. The van der Waals surface area contributed by atoms with E-state index < -0.39 is 5.97 Å². The molecule has 1 aromatic heterocycles. The molecule has 0 spiro atoms. The number of aromatic nitrogens is 2. The van der Waals surface area contributed by atoms with Gasteiger partial charge < -0.3 is 14.6 Å². The highest BCUT2D eigenvalue weighted by Gasteiger charge is 2.11. The zero-order chi connectivity index (χ0) is 10.7. The third kappa shape index (κ3) is 2.56. The second kappa shape index (κ2) is 4.44. The predicted octanol–water partition coefficient (Wildman–Crippen LogP) is 0.677. The number of imidazole rings is 1. The van der Waals surface area contributed by atoms with Crippen molar-refractivity contribution in [2.45, 2.75) is 19.4 Å². The average molecular weight is 209 g/mol.